The van der Waals surface area contributed by atoms with Crippen LogP contribution in [0.1, 0.15) is 30.4 Å². The Morgan fingerprint density at radius 1 is 1.00 bits per heavy atom. The van der Waals surface area contributed by atoms with Gasteiger partial charge in [0.05, 0.1) is 5.57 Å². The third-order valence-electron chi connectivity index (χ3n) is 4.31. The molecule has 0 amide bonds. The summed E-state index contributed by atoms with van der Waals surface area (Å²) in [4.78, 5) is 13.9. The minimum absolute atomic E-state index is 0.0556. The normalized spacial score (nSPS) is 15.3. The van der Waals surface area contributed by atoms with Crippen molar-refractivity contribution in [3.05, 3.63) is 59.7 Å². The molecule has 4 nitrogen and oxygen atoms in total. The molecule has 0 radical (unpaired) electrons. The molecule has 24 heavy (non-hydrogen) atoms. The number of aromatic hydroxyl groups is 1. The van der Waals surface area contributed by atoms with Gasteiger partial charge in [-0.15, -0.1) is 0 Å². The van der Waals surface area contributed by atoms with Gasteiger partial charge in [-0.3, -0.25) is 0 Å². The van der Waals surface area contributed by atoms with E-state index in [-0.39, 0.29) is 11.3 Å². The van der Waals surface area contributed by atoms with Crippen molar-refractivity contribution < 1.29 is 15.0 Å². The van der Waals surface area contributed by atoms with Crippen LogP contribution in [0, 0.1) is 0 Å². The van der Waals surface area contributed by atoms with Crippen LogP contribution < -0.4 is 4.90 Å². The molecule has 0 spiro atoms. The average molecular weight is 323 g/mol. The molecule has 1 heterocycles. The zero-order valence-corrected chi connectivity index (χ0v) is 13.5. The summed E-state index contributed by atoms with van der Waals surface area (Å²) in [6.07, 6.45) is 5.38. The van der Waals surface area contributed by atoms with Crippen LogP contribution in [0.4, 0.5) is 5.69 Å². The van der Waals surface area contributed by atoms with Gasteiger partial charge in [0.1, 0.15) is 5.75 Å². The molecule has 1 aliphatic rings. The quantitative estimate of drug-likeness (QED) is 0.659. The van der Waals surface area contributed by atoms with Crippen molar-refractivity contribution in [1.82, 2.24) is 0 Å². The first-order valence-electron chi connectivity index (χ1n) is 8.23. The average Bonchev–Trinajstić information content (AvgIpc) is 2.61. The molecule has 2 aromatic carbocycles. The van der Waals surface area contributed by atoms with Crippen LogP contribution in [0.3, 0.4) is 0 Å². The molecule has 0 unspecified atom stereocenters. The van der Waals surface area contributed by atoms with Gasteiger partial charge in [-0.25, -0.2) is 4.79 Å². The van der Waals surface area contributed by atoms with E-state index in [1.54, 1.807) is 18.2 Å². The number of benzene rings is 2. The molecule has 4 heteroatoms. The number of rotatable bonds is 4. The van der Waals surface area contributed by atoms with Crippen LogP contribution in [0.2, 0.25) is 0 Å². The van der Waals surface area contributed by atoms with E-state index in [9.17, 15) is 15.0 Å². The number of carboxylic acids is 1. The lowest BCUT2D eigenvalue weighted by Crippen LogP contribution is -2.29. The second kappa shape index (κ2) is 7.21. The van der Waals surface area contributed by atoms with Crippen LogP contribution in [0.5, 0.6) is 5.75 Å². The summed E-state index contributed by atoms with van der Waals surface area (Å²) >= 11 is 0. The van der Waals surface area contributed by atoms with Crippen LogP contribution in [-0.4, -0.2) is 29.3 Å². The molecular weight excluding hydrogens is 302 g/mol. The van der Waals surface area contributed by atoms with E-state index < -0.39 is 5.97 Å². The van der Waals surface area contributed by atoms with Crippen molar-refractivity contribution in [1.29, 1.82) is 0 Å². The van der Waals surface area contributed by atoms with E-state index in [1.807, 2.05) is 24.3 Å². The van der Waals surface area contributed by atoms with Gasteiger partial charge in [0.15, 0.2) is 0 Å². The molecule has 3 rings (SSSR count). The Hall–Kier alpha value is -2.75. The minimum atomic E-state index is -1.01. The largest absolute Gasteiger partial charge is 0.508 e. The summed E-state index contributed by atoms with van der Waals surface area (Å²) in [6, 6.07) is 14.3. The highest BCUT2D eigenvalue weighted by molar-refractivity contribution is 6.20. The molecule has 0 aromatic heterocycles. The van der Waals surface area contributed by atoms with Gasteiger partial charge in [-0.1, -0.05) is 24.3 Å². The summed E-state index contributed by atoms with van der Waals surface area (Å²) in [6.45, 7) is 2.16. The van der Waals surface area contributed by atoms with Gasteiger partial charge in [0.25, 0.3) is 0 Å². The van der Waals surface area contributed by atoms with E-state index in [2.05, 4.69) is 4.90 Å². The van der Waals surface area contributed by atoms with Crippen molar-refractivity contribution in [2.24, 2.45) is 0 Å². The summed E-state index contributed by atoms with van der Waals surface area (Å²) < 4.78 is 0. The van der Waals surface area contributed by atoms with Gasteiger partial charge in [-0.05, 0) is 60.7 Å². The molecular formula is C20H21NO3. The summed E-state index contributed by atoms with van der Waals surface area (Å²) in [5, 5.41) is 19.0. The summed E-state index contributed by atoms with van der Waals surface area (Å²) in [5.41, 5.74) is 2.66. The number of anilines is 1. The summed E-state index contributed by atoms with van der Waals surface area (Å²) in [5.74, 6) is -0.958. The topological polar surface area (TPSA) is 60.8 Å². The van der Waals surface area contributed by atoms with E-state index in [4.69, 9.17) is 0 Å². The lowest BCUT2D eigenvalue weighted by molar-refractivity contribution is -0.130. The van der Waals surface area contributed by atoms with Crippen molar-refractivity contribution >= 4 is 23.3 Å². The van der Waals surface area contributed by atoms with E-state index in [1.165, 1.54) is 37.1 Å². The lowest BCUT2D eigenvalue weighted by atomic mass is 10.0. The Morgan fingerprint density at radius 2 is 1.71 bits per heavy atom. The maximum absolute atomic E-state index is 11.6. The molecule has 2 N–H and O–H groups in total. The Morgan fingerprint density at radius 3 is 2.33 bits per heavy atom. The first-order valence-corrected chi connectivity index (χ1v) is 8.23. The Kier molecular flexibility index (Phi) is 4.85. The van der Waals surface area contributed by atoms with Crippen molar-refractivity contribution in [3.63, 3.8) is 0 Å². The fourth-order valence-electron chi connectivity index (χ4n) is 3.04. The molecule has 1 aliphatic heterocycles. The van der Waals surface area contributed by atoms with Crippen molar-refractivity contribution in [2.75, 3.05) is 18.0 Å². The van der Waals surface area contributed by atoms with Crippen molar-refractivity contribution in [3.8, 4) is 5.75 Å². The standard InChI is InChI=1S/C20H21NO3/c22-18-6-4-5-16(14-18)19(20(23)24)13-15-7-9-17(10-8-15)21-11-2-1-3-12-21/h4-10,13-14,22H,1-3,11-12H2,(H,23,24)/b19-13-. The Balaban J connectivity index is 1.86. The number of aliphatic carboxylic acids is 1. The number of piperidine rings is 1. The second-order valence-electron chi connectivity index (χ2n) is 6.05. The molecule has 0 saturated carbocycles. The van der Waals surface area contributed by atoms with Gasteiger partial charge < -0.3 is 15.1 Å². The smallest absolute Gasteiger partial charge is 0.336 e. The number of nitrogens with zero attached hydrogens (tertiary/aromatic N) is 1. The van der Waals surface area contributed by atoms with E-state index >= 15 is 0 Å². The van der Waals surface area contributed by atoms with Gasteiger partial charge in [0.2, 0.25) is 0 Å². The first-order chi connectivity index (χ1) is 11.6. The highest BCUT2D eigenvalue weighted by atomic mass is 16.4. The highest BCUT2D eigenvalue weighted by Crippen LogP contribution is 2.24. The molecule has 1 saturated heterocycles. The van der Waals surface area contributed by atoms with Crippen LogP contribution in [0.15, 0.2) is 48.5 Å². The predicted octanol–water partition coefficient (Wildman–Crippen LogP) is 4.01. The predicted molar refractivity (Wildman–Crippen MR) is 96.1 cm³/mol. The fourth-order valence-corrected chi connectivity index (χ4v) is 3.04. The van der Waals surface area contributed by atoms with Gasteiger partial charge in [-0.2, -0.15) is 0 Å². The Bertz CT molecular complexity index is 744. The van der Waals surface area contributed by atoms with Gasteiger partial charge in [0, 0.05) is 18.8 Å². The maximum atomic E-state index is 11.6. The molecule has 0 aliphatic carbocycles. The zero-order chi connectivity index (χ0) is 16.9. The Labute approximate surface area is 141 Å². The zero-order valence-electron chi connectivity index (χ0n) is 13.5. The number of hydrogen-bond donors (Lipinski definition) is 2. The number of phenols is 1. The molecule has 124 valence electrons. The highest BCUT2D eigenvalue weighted by Gasteiger charge is 2.12. The summed E-state index contributed by atoms with van der Waals surface area (Å²) in [7, 11) is 0. The second-order valence-corrected chi connectivity index (χ2v) is 6.05. The van der Waals surface area contributed by atoms with E-state index in [0.717, 1.165) is 18.7 Å². The van der Waals surface area contributed by atoms with Crippen molar-refractivity contribution in [2.45, 2.75) is 19.3 Å². The van der Waals surface area contributed by atoms with Gasteiger partial charge >= 0.3 is 5.97 Å². The minimum Gasteiger partial charge on any atom is -0.508 e. The number of hydrogen-bond acceptors (Lipinski definition) is 3. The molecule has 2 aromatic rings. The third kappa shape index (κ3) is 3.77. The fraction of sp³-hybridized carbons (Fsp3) is 0.250. The third-order valence-corrected chi connectivity index (χ3v) is 4.31. The lowest BCUT2D eigenvalue weighted by Gasteiger charge is -2.28. The van der Waals surface area contributed by atoms with Crippen LogP contribution in [-0.2, 0) is 4.79 Å². The first kappa shape index (κ1) is 16.1. The van der Waals surface area contributed by atoms with E-state index in [0.29, 0.717) is 5.56 Å². The maximum Gasteiger partial charge on any atom is 0.336 e. The molecule has 0 bridgehead atoms. The van der Waals surface area contributed by atoms with Crippen LogP contribution in [0.25, 0.3) is 11.6 Å². The SMILES string of the molecule is O=C(O)/C(=C\c1ccc(N2CCCCC2)cc1)c1cccc(O)c1. The number of carboxylic acid groups (broad SMARTS) is 1. The number of carbonyl (C=O) groups is 1. The molecule has 1 fully saturated rings. The number of phenolic OH excluding ortho intramolecular Hbond substituents is 1. The monoisotopic (exact) mass is 323 g/mol. The molecule has 0 atom stereocenters. The van der Waals surface area contributed by atoms with Crippen LogP contribution >= 0.6 is 0 Å².